The Morgan fingerprint density at radius 3 is 0.988 bits per heavy atom. The Morgan fingerprint density at radius 1 is 0.321 bits per heavy atom. The van der Waals surface area contributed by atoms with Gasteiger partial charge in [-0.25, -0.2) is 19.4 Å². The first kappa shape index (κ1) is 51.7. The Hall–Kier alpha value is -13.0. The van der Waals surface area contributed by atoms with Gasteiger partial charge in [-0.05, 0) is 177 Å². The third kappa shape index (κ3) is 8.93. The molecule has 0 saturated carbocycles. The Balaban J connectivity index is 1.23. The Morgan fingerprint density at radius 2 is 0.643 bits per heavy atom. The fourth-order valence-electron chi connectivity index (χ4n) is 11.1. The predicted octanol–water partition coefficient (Wildman–Crippen LogP) is 18.8. The van der Waals surface area contributed by atoms with Crippen molar-refractivity contribution >= 4 is 66.4 Å². The molecule has 0 radical (unpaired) electrons. The van der Waals surface area contributed by atoms with E-state index in [-0.39, 0.29) is 67.5 Å². The summed E-state index contributed by atoms with van der Waals surface area (Å²) < 4.78 is 52.0. The fraction of sp³-hybridized carbons (Fsp3) is 0.0143. The maximum absolute atomic E-state index is 16.2. The van der Waals surface area contributed by atoms with Crippen molar-refractivity contribution in [2.45, 2.75) is 6.18 Å². The monoisotopic (exact) mass is 1080 g/mol. The van der Waals surface area contributed by atoms with Gasteiger partial charge in [-0.3, -0.25) is 0 Å². The summed E-state index contributed by atoms with van der Waals surface area (Å²) >= 11 is 0. The molecule has 12 rings (SSSR count). The molecule has 0 atom stereocenters. The van der Waals surface area contributed by atoms with Crippen molar-refractivity contribution in [1.82, 2.24) is 9.13 Å². The first-order valence-electron chi connectivity index (χ1n) is 25.4. The molecule has 10 aromatic carbocycles. The van der Waals surface area contributed by atoms with E-state index in [9.17, 15) is 26.3 Å². The van der Waals surface area contributed by atoms with E-state index in [0.717, 1.165) is 12.1 Å². The molecular formula is C70H30F3N11. The number of nitriles is 5. The average molecular weight is 1080 g/mol. The topological polar surface area (TPSA) is 146 Å². The second-order valence-corrected chi connectivity index (χ2v) is 19.6. The Kier molecular flexibility index (Phi) is 12.5. The molecule has 386 valence electrons. The molecule has 0 spiro atoms. The van der Waals surface area contributed by atoms with Gasteiger partial charge in [0.25, 0.3) is 0 Å². The molecule has 12 aromatic rings. The summed E-state index contributed by atoms with van der Waals surface area (Å²) in [6.07, 6.45) is -4.95. The lowest BCUT2D eigenvalue weighted by molar-refractivity contribution is -0.137. The molecular weight excluding hydrogens is 1050 g/mol. The van der Waals surface area contributed by atoms with Crippen LogP contribution in [0.4, 0.5) is 35.9 Å². The van der Waals surface area contributed by atoms with Crippen LogP contribution < -0.4 is 0 Å². The van der Waals surface area contributed by atoms with E-state index in [1.807, 2.05) is 24.3 Å². The van der Waals surface area contributed by atoms with Crippen LogP contribution in [0.3, 0.4) is 0 Å². The van der Waals surface area contributed by atoms with E-state index < -0.39 is 11.7 Å². The number of alkyl halides is 3. The first-order chi connectivity index (χ1) is 40.8. The summed E-state index contributed by atoms with van der Waals surface area (Å²) in [5, 5.41) is 52.6. The number of aromatic nitrogens is 2. The van der Waals surface area contributed by atoms with E-state index in [1.165, 1.54) is 24.3 Å². The number of rotatable bonds is 7. The van der Waals surface area contributed by atoms with Gasteiger partial charge >= 0.3 is 6.18 Å². The zero-order chi connectivity index (χ0) is 58.6. The number of benzene rings is 10. The second kappa shape index (κ2) is 20.3. The normalized spacial score (nSPS) is 10.9. The molecule has 0 amide bonds. The highest BCUT2D eigenvalue weighted by atomic mass is 19.4. The minimum atomic E-state index is -4.95. The van der Waals surface area contributed by atoms with Gasteiger partial charge in [0.05, 0.1) is 112 Å². The lowest BCUT2D eigenvalue weighted by Gasteiger charge is -2.23. The Bertz CT molecular complexity index is 4640. The lowest BCUT2D eigenvalue weighted by Crippen LogP contribution is -2.11. The number of hydrogen-bond acceptors (Lipinski definition) is 5. The summed E-state index contributed by atoms with van der Waals surface area (Å²) in [4.78, 5) is 14.4. The van der Waals surface area contributed by atoms with Gasteiger partial charge < -0.3 is 9.13 Å². The summed E-state index contributed by atoms with van der Waals surface area (Å²) in [6, 6.07) is 60.2. The highest BCUT2D eigenvalue weighted by Gasteiger charge is 2.35. The standard InChI is InChI=1S/C70H30F3N11/c1-79-55-22-43(38-77)20-51(24-55)46-9-13-64-60(29-46)59-28-45(50-18-41(36-75)16-42(19-50)37-76)8-12-63(59)83(64)67-32-54(70(71,72)73)33-68(69(67)49-7-5-6-40(17-49)35-74)84-65-14-10-47(52-21-44(39-78)23-56(25-52)80-2)30-61(65)62-31-48(11-15-66(62)84)53-26-57(81-3)34-58(27-53)82-4/h5-34H. The van der Waals surface area contributed by atoms with Gasteiger partial charge in [0.2, 0.25) is 0 Å². The SMILES string of the molecule is [C-]#[N+]c1cc(C#N)cc(-c2ccc3c(c2)c2cc(-c4cc(C#N)cc(C#N)c4)ccc2n3-c2cc(C(F)(F)F)cc(-n3c4ccc(-c5cc(C#N)cc([N+]#[C-])c5)cc4c4cc(-c5cc([N+]#[C-])cc([N+]#[C-])c5)ccc43)c2-c2cccc(C#N)c2)c1. The summed E-state index contributed by atoms with van der Waals surface area (Å²) in [7, 11) is 0. The maximum atomic E-state index is 16.2. The molecule has 11 nitrogen and oxygen atoms in total. The van der Waals surface area contributed by atoms with Gasteiger partial charge in [0.1, 0.15) is 0 Å². The minimum Gasteiger partial charge on any atom is -0.309 e. The summed E-state index contributed by atoms with van der Waals surface area (Å²) in [6.45, 7) is 31.2. The zero-order valence-electron chi connectivity index (χ0n) is 43.4. The lowest BCUT2D eigenvalue weighted by atomic mass is 9.96. The van der Waals surface area contributed by atoms with Gasteiger partial charge in [0.15, 0.2) is 22.7 Å². The molecule has 0 aliphatic heterocycles. The van der Waals surface area contributed by atoms with Crippen LogP contribution in [0.2, 0.25) is 0 Å². The molecule has 0 aliphatic rings. The van der Waals surface area contributed by atoms with Crippen LogP contribution in [0.15, 0.2) is 182 Å². The molecule has 2 aromatic heterocycles. The number of nitrogens with zero attached hydrogens (tertiary/aromatic N) is 11. The highest BCUT2D eigenvalue weighted by molar-refractivity contribution is 6.14. The van der Waals surface area contributed by atoms with Crippen molar-refractivity contribution in [1.29, 1.82) is 26.3 Å². The molecule has 0 N–H and O–H groups in total. The quantitative estimate of drug-likeness (QED) is 0.146. The van der Waals surface area contributed by atoms with Gasteiger partial charge in [0, 0.05) is 38.2 Å². The van der Waals surface area contributed by atoms with Crippen molar-refractivity contribution in [3.63, 3.8) is 0 Å². The smallest absolute Gasteiger partial charge is 0.309 e. The van der Waals surface area contributed by atoms with Crippen molar-refractivity contribution < 1.29 is 13.2 Å². The predicted molar refractivity (Wildman–Crippen MR) is 316 cm³/mol. The fourth-order valence-corrected chi connectivity index (χ4v) is 11.1. The number of hydrogen-bond donors (Lipinski definition) is 0. The van der Waals surface area contributed by atoms with Crippen molar-refractivity contribution in [2.75, 3.05) is 0 Å². The first-order valence-corrected chi connectivity index (χ1v) is 25.4. The molecule has 0 unspecified atom stereocenters. The molecule has 0 fully saturated rings. The third-order valence-electron chi connectivity index (χ3n) is 14.8. The van der Waals surface area contributed by atoms with Crippen LogP contribution in [0.25, 0.3) is 130 Å². The number of halogens is 3. The van der Waals surface area contributed by atoms with Crippen LogP contribution >= 0.6 is 0 Å². The largest absolute Gasteiger partial charge is 0.416 e. The van der Waals surface area contributed by atoms with Crippen LogP contribution in [0.1, 0.15) is 33.4 Å². The molecule has 0 saturated heterocycles. The second-order valence-electron chi connectivity index (χ2n) is 19.6. The Labute approximate surface area is 477 Å². The average Bonchev–Trinajstić information content (AvgIpc) is 1.64. The van der Waals surface area contributed by atoms with Gasteiger partial charge in [-0.1, -0.05) is 54.6 Å². The minimum absolute atomic E-state index is 0.0706. The van der Waals surface area contributed by atoms with E-state index >= 15 is 13.2 Å². The molecule has 14 heteroatoms. The maximum Gasteiger partial charge on any atom is 0.416 e. The van der Waals surface area contributed by atoms with Crippen molar-refractivity contribution in [3.05, 3.63) is 261 Å². The van der Waals surface area contributed by atoms with Crippen molar-refractivity contribution in [2.24, 2.45) is 0 Å². The van der Waals surface area contributed by atoms with Gasteiger partial charge in [-0.15, -0.1) is 0 Å². The van der Waals surface area contributed by atoms with E-state index in [2.05, 4.69) is 49.7 Å². The van der Waals surface area contributed by atoms with Crippen LogP contribution in [0.5, 0.6) is 0 Å². The third-order valence-corrected chi connectivity index (χ3v) is 14.8. The molecule has 84 heavy (non-hydrogen) atoms. The summed E-state index contributed by atoms with van der Waals surface area (Å²) in [5.41, 5.74) is 8.33. The molecule has 0 bridgehead atoms. The van der Waals surface area contributed by atoms with Gasteiger partial charge in [-0.2, -0.15) is 39.5 Å². The molecule has 2 heterocycles. The zero-order valence-corrected chi connectivity index (χ0v) is 43.4. The van der Waals surface area contributed by atoms with Crippen molar-refractivity contribution in [3.8, 4) is 97.4 Å². The van der Waals surface area contributed by atoms with E-state index in [0.29, 0.717) is 93.7 Å². The van der Waals surface area contributed by atoms with Crippen LogP contribution in [0, 0.1) is 82.9 Å². The van der Waals surface area contributed by atoms with Crippen LogP contribution in [-0.4, -0.2) is 9.13 Å². The molecule has 0 aliphatic carbocycles. The highest BCUT2D eigenvalue weighted by Crippen LogP contribution is 2.48. The number of fused-ring (bicyclic) bond motifs is 6. The van der Waals surface area contributed by atoms with Crippen LogP contribution in [-0.2, 0) is 6.18 Å². The van der Waals surface area contributed by atoms with E-state index in [4.69, 9.17) is 26.3 Å². The van der Waals surface area contributed by atoms with E-state index in [1.54, 1.807) is 130 Å². The summed E-state index contributed by atoms with van der Waals surface area (Å²) in [5.74, 6) is 0.